The molecule has 1 N–H and O–H groups in total. The average Bonchev–Trinajstić information content (AvgIpc) is 2.97. The molecular weight excluding hydrogens is 587 g/mol. The van der Waals surface area contributed by atoms with Gasteiger partial charge in [0.2, 0.25) is 5.91 Å². The summed E-state index contributed by atoms with van der Waals surface area (Å²) in [5, 5.41) is 0. The number of hydrogen-bond donors (Lipinski definition) is 1. The number of likely N-dealkylation sites (N-methyl/N-ethyl adjacent to an activating group) is 1. The average molecular weight is 654 g/mol. The Balaban J connectivity index is 2.38. The van der Waals surface area contributed by atoms with Gasteiger partial charge in [-0.25, -0.2) is 4.57 Å². The summed E-state index contributed by atoms with van der Waals surface area (Å²) in [7, 11) is 1.62. The number of unbranched alkanes of at least 4 members (excludes halogenated alkanes) is 12. The van der Waals surface area contributed by atoms with Gasteiger partial charge in [-0.05, 0) is 44.1 Å². The van der Waals surface area contributed by atoms with Gasteiger partial charge < -0.3 is 19.0 Å². The molecule has 0 heterocycles. The zero-order chi connectivity index (χ0) is 33.2. The molecule has 0 aliphatic carbocycles. The molecule has 9 heteroatoms. The van der Waals surface area contributed by atoms with Gasteiger partial charge in [-0.1, -0.05) is 107 Å². The molecule has 2 atom stereocenters. The third-order valence-electron chi connectivity index (χ3n) is 7.79. The van der Waals surface area contributed by atoms with Crippen molar-refractivity contribution in [1.82, 2.24) is 4.90 Å². The van der Waals surface area contributed by atoms with Crippen LogP contribution in [0, 0.1) is 0 Å². The maximum Gasteiger partial charge on any atom is 0.472 e. The summed E-state index contributed by atoms with van der Waals surface area (Å²) >= 11 is 0. The number of phosphoric acid groups is 1. The predicted octanol–water partition coefficient (Wildman–Crippen LogP) is 8.34. The van der Waals surface area contributed by atoms with E-state index >= 15 is 0 Å². The van der Waals surface area contributed by atoms with Crippen molar-refractivity contribution in [3.05, 3.63) is 48.0 Å². The smallest absolute Gasteiger partial charge is 0.379 e. The van der Waals surface area contributed by atoms with Crippen LogP contribution in [0.4, 0.5) is 0 Å². The van der Waals surface area contributed by atoms with Gasteiger partial charge in [0.05, 0.1) is 27.7 Å². The number of amides is 1. The van der Waals surface area contributed by atoms with E-state index in [2.05, 4.69) is 19.1 Å². The van der Waals surface area contributed by atoms with E-state index in [4.69, 9.17) is 13.8 Å². The SMILES string of the molecule is CCCCCCCC/C=C\CCCCCCCCOCC(CN(CCc1ccccc1)C(C)=O)OP(=O)(O)OCC[N+](C)(C)C. The third-order valence-corrected chi connectivity index (χ3v) is 8.86. The van der Waals surface area contributed by atoms with Gasteiger partial charge >= 0.3 is 7.82 Å². The number of carbonyl (C=O) groups is 1. The zero-order valence-electron chi connectivity index (χ0n) is 29.3. The molecule has 0 aromatic heterocycles. The Morgan fingerprint density at radius 2 is 1.47 bits per heavy atom. The van der Waals surface area contributed by atoms with Crippen molar-refractivity contribution in [2.24, 2.45) is 0 Å². The first-order valence-corrected chi connectivity index (χ1v) is 19.0. The van der Waals surface area contributed by atoms with E-state index in [1.807, 2.05) is 51.5 Å². The van der Waals surface area contributed by atoms with Crippen molar-refractivity contribution in [1.29, 1.82) is 0 Å². The second kappa shape index (κ2) is 25.5. The maximum absolute atomic E-state index is 12.8. The summed E-state index contributed by atoms with van der Waals surface area (Å²) in [5.41, 5.74) is 1.12. The Kier molecular flexibility index (Phi) is 23.5. The summed E-state index contributed by atoms with van der Waals surface area (Å²) < 4.78 is 30.1. The first kappa shape index (κ1) is 41.5. The van der Waals surface area contributed by atoms with Crippen LogP contribution in [0.1, 0.15) is 109 Å². The lowest BCUT2D eigenvalue weighted by Gasteiger charge is -2.28. The minimum atomic E-state index is -4.32. The molecule has 45 heavy (non-hydrogen) atoms. The van der Waals surface area contributed by atoms with Crippen LogP contribution in [-0.2, 0) is 29.6 Å². The molecule has 0 saturated carbocycles. The molecule has 8 nitrogen and oxygen atoms in total. The van der Waals surface area contributed by atoms with Crippen molar-refractivity contribution in [3.63, 3.8) is 0 Å². The van der Waals surface area contributed by atoms with E-state index in [1.54, 1.807) is 4.90 Å². The first-order valence-electron chi connectivity index (χ1n) is 17.5. The number of carbonyl (C=O) groups excluding carboxylic acids is 1. The molecular formula is C36H66N2O6P+. The van der Waals surface area contributed by atoms with Gasteiger partial charge in [0.15, 0.2) is 0 Å². The van der Waals surface area contributed by atoms with Gasteiger partial charge in [-0.3, -0.25) is 13.8 Å². The van der Waals surface area contributed by atoms with Gasteiger partial charge in [0, 0.05) is 26.6 Å². The normalized spacial score (nSPS) is 14.1. The minimum Gasteiger partial charge on any atom is -0.379 e. The highest BCUT2D eigenvalue weighted by molar-refractivity contribution is 7.47. The van der Waals surface area contributed by atoms with E-state index in [1.165, 1.54) is 84.0 Å². The standard InChI is InChI=1S/C36H65N2O6P/c1-6-7-8-9-10-11-12-13-14-15-16-17-18-19-20-24-30-42-33-36(44-45(40,41)43-31-29-38(3,4)5)32-37(34(2)39)28-27-35-25-22-21-23-26-35/h13-14,21-23,25-26,36H,6-12,15-20,24,27-33H2,1-5H3/p+1/b14-13-. The largest absolute Gasteiger partial charge is 0.472 e. The topological polar surface area (TPSA) is 85.3 Å². The first-order chi connectivity index (χ1) is 21.5. The highest BCUT2D eigenvalue weighted by Gasteiger charge is 2.29. The second-order valence-corrected chi connectivity index (χ2v) is 14.7. The van der Waals surface area contributed by atoms with Crippen molar-refractivity contribution >= 4 is 13.7 Å². The van der Waals surface area contributed by atoms with Crippen LogP contribution in [0.15, 0.2) is 42.5 Å². The molecule has 0 aliphatic heterocycles. The van der Waals surface area contributed by atoms with E-state index in [9.17, 15) is 14.3 Å². The molecule has 1 rings (SSSR count). The number of phosphoric ester groups is 1. The fourth-order valence-electron chi connectivity index (χ4n) is 4.96. The molecule has 0 radical (unpaired) electrons. The molecule has 2 unspecified atom stereocenters. The monoisotopic (exact) mass is 653 g/mol. The third kappa shape index (κ3) is 25.3. The number of allylic oxidation sites excluding steroid dienone is 2. The van der Waals surface area contributed by atoms with Crippen molar-refractivity contribution in [3.8, 4) is 0 Å². The molecule has 0 fully saturated rings. The lowest BCUT2D eigenvalue weighted by molar-refractivity contribution is -0.870. The summed E-state index contributed by atoms with van der Waals surface area (Å²) in [6.07, 6.45) is 22.1. The molecule has 0 spiro atoms. The fraction of sp³-hybridized carbons (Fsp3) is 0.750. The predicted molar refractivity (Wildman–Crippen MR) is 186 cm³/mol. The quantitative estimate of drug-likeness (QED) is 0.0405. The molecule has 260 valence electrons. The van der Waals surface area contributed by atoms with E-state index in [0.29, 0.717) is 30.6 Å². The van der Waals surface area contributed by atoms with Crippen molar-refractivity contribution in [2.75, 3.05) is 60.6 Å². The number of ether oxygens (including phenoxy) is 1. The second-order valence-electron chi connectivity index (χ2n) is 13.3. The van der Waals surface area contributed by atoms with Gasteiger partial charge in [-0.15, -0.1) is 0 Å². The zero-order valence-corrected chi connectivity index (χ0v) is 30.2. The molecule has 1 aromatic carbocycles. The van der Waals surface area contributed by atoms with Gasteiger partial charge in [0.1, 0.15) is 19.3 Å². The highest BCUT2D eigenvalue weighted by atomic mass is 31.2. The Labute approximate surface area is 275 Å². The maximum atomic E-state index is 12.8. The van der Waals surface area contributed by atoms with E-state index < -0.39 is 13.9 Å². The molecule has 1 aromatic rings. The number of hydrogen-bond acceptors (Lipinski definition) is 5. The van der Waals surface area contributed by atoms with Crippen molar-refractivity contribution < 1.29 is 32.5 Å². The summed E-state index contributed by atoms with van der Waals surface area (Å²) in [4.78, 5) is 24.5. The Morgan fingerprint density at radius 3 is 2.04 bits per heavy atom. The number of quaternary nitrogens is 1. The van der Waals surface area contributed by atoms with Gasteiger partial charge in [0.25, 0.3) is 0 Å². The van der Waals surface area contributed by atoms with Crippen LogP contribution in [-0.4, -0.2) is 86.9 Å². The molecule has 0 aliphatic rings. The molecule has 1 amide bonds. The number of benzene rings is 1. The molecule has 0 saturated heterocycles. The number of nitrogens with zero attached hydrogens (tertiary/aromatic N) is 2. The van der Waals surface area contributed by atoms with Crippen LogP contribution in [0.3, 0.4) is 0 Å². The van der Waals surface area contributed by atoms with Gasteiger partial charge in [-0.2, -0.15) is 0 Å². The number of rotatable bonds is 29. The summed E-state index contributed by atoms with van der Waals surface area (Å²) in [5.74, 6) is -0.119. The van der Waals surface area contributed by atoms with Crippen LogP contribution in [0.2, 0.25) is 0 Å². The fourth-order valence-corrected chi connectivity index (χ4v) is 5.84. The molecule has 0 bridgehead atoms. The lowest BCUT2D eigenvalue weighted by atomic mass is 10.1. The Bertz CT molecular complexity index is 937. The van der Waals surface area contributed by atoms with Crippen LogP contribution in [0.5, 0.6) is 0 Å². The minimum absolute atomic E-state index is 0.0881. The Morgan fingerprint density at radius 1 is 0.889 bits per heavy atom. The summed E-state index contributed by atoms with van der Waals surface area (Å²) in [6.45, 7) is 5.70. The Hall–Kier alpha value is -1.54. The van der Waals surface area contributed by atoms with E-state index in [-0.39, 0.29) is 25.7 Å². The van der Waals surface area contributed by atoms with Crippen LogP contribution < -0.4 is 0 Å². The lowest BCUT2D eigenvalue weighted by Crippen LogP contribution is -2.40. The highest BCUT2D eigenvalue weighted by Crippen LogP contribution is 2.44. The van der Waals surface area contributed by atoms with Crippen LogP contribution >= 0.6 is 7.82 Å². The van der Waals surface area contributed by atoms with Crippen molar-refractivity contribution in [2.45, 2.75) is 116 Å². The summed E-state index contributed by atoms with van der Waals surface area (Å²) in [6, 6.07) is 9.95. The van der Waals surface area contributed by atoms with Crippen LogP contribution in [0.25, 0.3) is 0 Å². The van der Waals surface area contributed by atoms with E-state index in [0.717, 1.165) is 18.4 Å².